The van der Waals surface area contributed by atoms with Crippen LogP contribution in [0.3, 0.4) is 0 Å². The van der Waals surface area contributed by atoms with Gasteiger partial charge in [-0.3, -0.25) is 9.69 Å². The van der Waals surface area contributed by atoms with Gasteiger partial charge in [0.15, 0.2) is 0 Å². The van der Waals surface area contributed by atoms with Crippen molar-refractivity contribution < 1.29 is 9.59 Å². The van der Waals surface area contributed by atoms with Gasteiger partial charge in [-0.2, -0.15) is 0 Å². The van der Waals surface area contributed by atoms with Crippen LogP contribution in [0.25, 0.3) is 0 Å². The Labute approximate surface area is 201 Å². The summed E-state index contributed by atoms with van der Waals surface area (Å²) in [6, 6.07) is 13.4. The first kappa shape index (κ1) is 24.0. The van der Waals surface area contributed by atoms with Gasteiger partial charge in [0.1, 0.15) is 5.82 Å². The number of benzene rings is 1. The molecule has 0 spiro atoms. The molecule has 0 bridgehead atoms. The van der Waals surface area contributed by atoms with E-state index in [0.717, 1.165) is 69.2 Å². The molecule has 1 aromatic heterocycles. The molecule has 1 aromatic carbocycles. The highest BCUT2D eigenvalue weighted by Crippen LogP contribution is 2.18. The predicted molar refractivity (Wildman–Crippen MR) is 134 cm³/mol. The molecular formula is C25H35N7O2. The van der Waals surface area contributed by atoms with Crippen LogP contribution >= 0.6 is 0 Å². The van der Waals surface area contributed by atoms with Crippen molar-refractivity contribution in [3.63, 3.8) is 0 Å². The van der Waals surface area contributed by atoms with E-state index in [9.17, 15) is 9.59 Å². The van der Waals surface area contributed by atoms with Crippen LogP contribution in [-0.2, 0) is 11.3 Å². The Bertz CT molecular complexity index is 939. The summed E-state index contributed by atoms with van der Waals surface area (Å²) in [6.07, 6.45) is 3.46. The molecule has 0 saturated carbocycles. The molecule has 9 nitrogen and oxygen atoms in total. The number of likely N-dealkylation sites (tertiary alicyclic amines) is 1. The van der Waals surface area contributed by atoms with Crippen LogP contribution in [0, 0.1) is 0 Å². The number of pyridine rings is 1. The van der Waals surface area contributed by atoms with Crippen molar-refractivity contribution in [2.75, 3.05) is 63.1 Å². The number of nitrogens with zero attached hydrogens (tertiary/aromatic N) is 4. The van der Waals surface area contributed by atoms with Crippen molar-refractivity contribution in [1.29, 1.82) is 0 Å². The largest absolute Gasteiger partial charge is 0.354 e. The van der Waals surface area contributed by atoms with Crippen LogP contribution in [0.1, 0.15) is 18.4 Å². The third-order valence-electron chi connectivity index (χ3n) is 6.46. The minimum Gasteiger partial charge on any atom is -0.354 e. The molecule has 2 fully saturated rings. The average Bonchev–Trinajstić information content (AvgIpc) is 2.85. The Morgan fingerprint density at radius 2 is 1.71 bits per heavy atom. The lowest BCUT2D eigenvalue weighted by Crippen LogP contribution is -2.49. The van der Waals surface area contributed by atoms with Crippen LogP contribution in [0.2, 0.25) is 0 Å². The minimum absolute atomic E-state index is 0.0111. The van der Waals surface area contributed by atoms with Crippen LogP contribution in [-0.4, -0.2) is 85.6 Å². The standard InChI is InChI=1S/C25H35N7O2/c1-30-14-16-32(17-15-30)24-20(6-5-11-26-24)18-27-25(34)29-22-9-12-31(13-10-22)19-23(33)28-21-7-3-2-4-8-21/h2-8,11,22H,9-10,12-19H2,1H3,(H,28,33)(H2,27,29,34). The molecule has 2 aliphatic heterocycles. The summed E-state index contributed by atoms with van der Waals surface area (Å²) in [4.78, 5) is 36.1. The van der Waals surface area contributed by atoms with Gasteiger partial charge in [0.25, 0.3) is 0 Å². The summed E-state index contributed by atoms with van der Waals surface area (Å²) in [5, 5.41) is 9.01. The number of para-hydroxylation sites is 1. The third-order valence-corrected chi connectivity index (χ3v) is 6.46. The fraction of sp³-hybridized carbons (Fsp3) is 0.480. The third kappa shape index (κ3) is 6.91. The summed E-state index contributed by atoms with van der Waals surface area (Å²) in [7, 11) is 2.13. The first-order valence-electron chi connectivity index (χ1n) is 12.1. The van der Waals surface area contributed by atoms with Gasteiger partial charge >= 0.3 is 6.03 Å². The Balaban J connectivity index is 1.18. The summed E-state index contributed by atoms with van der Waals surface area (Å²) in [5.41, 5.74) is 1.84. The number of carbonyl (C=O) groups is 2. The van der Waals surface area contributed by atoms with Gasteiger partial charge in [-0.25, -0.2) is 9.78 Å². The molecule has 34 heavy (non-hydrogen) atoms. The summed E-state index contributed by atoms with van der Waals surface area (Å²) < 4.78 is 0. The number of aromatic nitrogens is 1. The fourth-order valence-corrected chi connectivity index (χ4v) is 4.44. The molecule has 2 aliphatic rings. The molecule has 4 rings (SSSR count). The number of nitrogens with one attached hydrogen (secondary N) is 3. The summed E-state index contributed by atoms with van der Waals surface area (Å²) >= 11 is 0. The van der Waals surface area contributed by atoms with E-state index in [-0.39, 0.29) is 18.0 Å². The molecule has 9 heteroatoms. The second kappa shape index (κ2) is 11.8. The maximum absolute atomic E-state index is 12.5. The first-order valence-corrected chi connectivity index (χ1v) is 12.1. The molecule has 182 valence electrons. The van der Waals surface area contributed by atoms with Gasteiger partial charge in [-0.15, -0.1) is 0 Å². The zero-order chi connectivity index (χ0) is 23.8. The van der Waals surface area contributed by atoms with Gasteiger partial charge in [-0.05, 0) is 38.1 Å². The van der Waals surface area contributed by atoms with Crippen molar-refractivity contribution in [3.05, 3.63) is 54.2 Å². The number of urea groups is 1. The lowest BCUT2D eigenvalue weighted by Gasteiger charge is -2.34. The molecule has 0 atom stereocenters. The number of piperidine rings is 1. The van der Waals surface area contributed by atoms with Crippen molar-refractivity contribution in [1.82, 2.24) is 25.4 Å². The highest BCUT2D eigenvalue weighted by Gasteiger charge is 2.23. The topological polar surface area (TPSA) is 92.8 Å². The number of hydrogen-bond donors (Lipinski definition) is 3. The van der Waals surface area contributed by atoms with E-state index >= 15 is 0 Å². The first-order chi connectivity index (χ1) is 16.6. The van der Waals surface area contributed by atoms with E-state index in [1.165, 1.54) is 0 Å². The number of piperazine rings is 1. The number of likely N-dealkylation sites (N-methyl/N-ethyl adjacent to an activating group) is 1. The molecule has 3 amide bonds. The zero-order valence-corrected chi connectivity index (χ0v) is 19.9. The van der Waals surface area contributed by atoms with Crippen molar-refractivity contribution in [3.8, 4) is 0 Å². The predicted octanol–water partition coefficient (Wildman–Crippen LogP) is 1.74. The van der Waals surface area contributed by atoms with Gasteiger partial charge < -0.3 is 25.8 Å². The van der Waals surface area contributed by atoms with E-state index in [1.54, 1.807) is 0 Å². The van der Waals surface area contributed by atoms with Crippen molar-refractivity contribution in [2.45, 2.75) is 25.4 Å². The van der Waals surface area contributed by atoms with Crippen LogP contribution in [0.15, 0.2) is 48.7 Å². The average molecular weight is 466 g/mol. The van der Waals surface area contributed by atoms with Crippen molar-refractivity contribution in [2.24, 2.45) is 0 Å². The normalized spacial score (nSPS) is 17.9. The van der Waals surface area contributed by atoms with Gasteiger partial charge in [-0.1, -0.05) is 24.3 Å². The molecule has 0 unspecified atom stereocenters. The summed E-state index contributed by atoms with van der Waals surface area (Å²) in [5.74, 6) is 0.945. The Kier molecular flexibility index (Phi) is 8.32. The number of rotatable bonds is 7. The van der Waals surface area contributed by atoms with E-state index in [2.05, 4.69) is 42.7 Å². The van der Waals surface area contributed by atoms with Crippen LogP contribution in [0.5, 0.6) is 0 Å². The van der Waals surface area contributed by atoms with E-state index in [4.69, 9.17) is 0 Å². The summed E-state index contributed by atoms with van der Waals surface area (Å²) in [6.45, 7) is 6.27. The molecule has 2 saturated heterocycles. The molecule has 2 aromatic rings. The lowest BCUT2D eigenvalue weighted by molar-refractivity contribution is -0.117. The fourth-order valence-electron chi connectivity index (χ4n) is 4.44. The number of amides is 3. The molecule has 3 N–H and O–H groups in total. The smallest absolute Gasteiger partial charge is 0.315 e. The van der Waals surface area contributed by atoms with Gasteiger partial charge in [0, 0.05) is 69.3 Å². The maximum atomic E-state index is 12.5. The molecule has 0 aliphatic carbocycles. The monoisotopic (exact) mass is 465 g/mol. The SMILES string of the molecule is CN1CCN(c2ncccc2CNC(=O)NC2CCN(CC(=O)Nc3ccccc3)CC2)CC1. The van der Waals surface area contributed by atoms with E-state index in [0.29, 0.717) is 13.1 Å². The Morgan fingerprint density at radius 1 is 0.971 bits per heavy atom. The van der Waals surface area contributed by atoms with Crippen molar-refractivity contribution >= 4 is 23.4 Å². The molecule has 0 radical (unpaired) electrons. The maximum Gasteiger partial charge on any atom is 0.315 e. The van der Waals surface area contributed by atoms with E-state index < -0.39 is 0 Å². The number of carbonyl (C=O) groups excluding carboxylic acids is 2. The van der Waals surface area contributed by atoms with Gasteiger partial charge in [0.05, 0.1) is 6.54 Å². The van der Waals surface area contributed by atoms with Gasteiger partial charge in [0.2, 0.25) is 5.91 Å². The van der Waals surface area contributed by atoms with Crippen LogP contribution < -0.4 is 20.9 Å². The van der Waals surface area contributed by atoms with E-state index in [1.807, 2.05) is 48.7 Å². The molecular weight excluding hydrogens is 430 g/mol. The molecule has 3 heterocycles. The lowest BCUT2D eigenvalue weighted by atomic mass is 10.1. The zero-order valence-electron chi connectivity index (χ0n) is 19.9. The highest BCUT2D eigenvalue weighted by atomic mass is 16.2. The number of anilines is 2. The minimum atomic E-state index is -0.159. The number of hydrogen-bond acceptors (Lipinski definition) is 6. The quantitative estimate of drug-likeness (QED) is 0.577. The second-order valence-corrected chi connectivity index (χ2v) is 9.07. The Morgan fingerprint density at radius 3 is 2.44 bits per heavy atom. The Hall–Kier alpha value is -3.17. The van der Waals surface area contributed by atoms with Crippen LogP contribution in [0.4, 0.5) is 16.3 Å². The second-order valence-electron chi connectivity index (χ2n) is 9.07. The highest BCUT2D eigenvalue weighted by molar-refractivity contribution is 5.92.